The first kappa shape index (κ1) is 28.1. The van der Waals surface area contributed by atoms with Crippen LogP contribution in [0.4, 0.5) is 11.6 Å². The summed E-state index contributed by atoms with van der Waals surface area (Å²) in [6, 6.07) is 9.39. The summed E-state index contributed by atoms with van der Waals surface area (Å²) in [7, 11) is 3.31. The van der Waals surface area contributed by atoms with E-state index in [-0.39, 0.29) is 29.2 Å². The van der Waals surface area contributed by atoms with Crippen LogP contribution >= 0.6 is 0 Å². The van der Waals surface area contributed by atoms with E-state index in [1.54, 1.807) is 12.1 Å². The lowest BCUT2D eigenvalue weighted by Gasteiger charge is -2.31. The van der Waals surface area contributed by atoms with Crippen molar-refractivity contribution in [2.75, 3.05) is 51.4 Å². The maximum atomic E-state index is 13.1. The van der Waals surface area contributed by atoms with Gasteiger partial charge >= 0.3 is 0 Å². The predicted octanol–water partition coefficient (Wildman–Crippen LogP) is 3.76. The van der Waals surface area contributed by atoms with Crippen molar-refractivity contribution in [2.45, 2.75) is 26.6 Å². The van der Waals surface area contributed by atoms with Crippen LogP contribution in [0, 0.1) is 6.92 Å². The Bertz CT molecular complexity index is 1330. The minimum absolute atomic E-state index is 0.0545. The van der Waals surface area contributed by atoms with Gasteiger partial charge in [-0.1, -0.05) is 43.0 Å². The number of methoxy groups -OCH3 is 2. The molecule has 0 aliphatic carbocycles. The quantitative estimate of drug-likeness (QED) is 0.360. The molecular formula is C27H36N6O5Si. The molecule has 1 amide bonds. The zero-order chi connectivity index (χ0) is 28.2. The number of hydrogen-bond donors (Lipinski definition) is 2. The van der Waals surface area contributed by atoms with E-state index in [0.717, 1.165) is 12.1 Å². The molecule has 0 radical (unpaired) electrons. The molecule has 0 spiro atoms. The van der Waals surface area contributed by atoms with E-state index in [4.69, 9.17) is 18.6 Å². The van der Waals surface area contributed by atoms with Gasteiger partial charge in [-0.3, -0.25) is 9.69 Å². The van der Waals surface area contributed by atoms with E-state index in [9.17, 15) is 4.79 Å². The Balaban J connectivity index is 1.53. The number of anilines is 2. The van der Waals surface area contributed by atoms with Crippen LogP contribution in [0.1, 0.15) is 16.1 Å². The summed E-state index contributed by atoms with van der Waals surface area (Å²) in [6.07, 6.45) is 3.92. The zero-order valence-electron chi connectivity index (χ0n) is 23.5. The highest BCUT2D eigenvalue weighted by molar-refractivity contribution is 6.88. The molecule has 3 heterocycles. The molecule has 4 rings (SSSR count). The van der Waals surface area contributed by atoms with Gasteiger partial charge in [0.05, 0.1) is 29.0 Å². The molecule has 208 valence electrons. The average Bonchev–Trinajstić information content (AvgIpc) is 3.38. The van der Waals surface area contributed by atoms with Gasteiger partial charge in [0.25, 0.3) is 11.9 Å². The maximum Gasteiger partial charge on any atom is 0.291 e. The third-order valence-electron chi connectivity index (χ3n) is 6.17. The minimum atomic E-state index is -1.52. The monoisotopic (exact) mass is 552 g/mol. The van der Waals surface area contributed by atoms with Crippen molar-refractivity contribution >= 4 is 30.8 Å². The van der Waals surface area contributed by atoms with E-state index in [2.05, 4.69) is 51.2 Å². The lowest BCUT2D eigenvalue weighted by atomic mass is 10.2. The second-order valence-electron chi connectivity index (χ2n) is 10.2. The maximum absolute atomic E-state index is 13.1. The van der Waals surface area contributed by atoms with E-state index >= 15 is 0 Å². The number of rotatable bonds is 10. The number of nitrogens with one attached hydrogen (secondary N) is 2. The zero-order valence-corrected chi connectivity index (χ0v) is 24.5. The number of nitrogens with zero attached hydrogens (tertiary/aromatic N) is 4. The number of benzene rings is 1. The molecule has 0 unspecified atom stereocenters. The van der Waals surface area contributed by atoms with Crippen LogP contribution in [-0.2, 0) is 0 Å². The van der Waals surface area contributed by atoms with E-state index in [0.29, 0.717) is 25.0 Å². The second kappa shape index (κ2) is 11.9. The third-order valence-corrected chi connectivity index (χ3v) is 8.21. The smallest absolute Gasteiger partial charge is 0.291 e. The third kappa shape index (κ3) is 6.59. The van der Waals surface area contributed by atoms with E-state index < -0.39 is 14.0 Å². The van der Waals surface area contributed by atoms with Crippen molar-refractivity contribution in [1.29, 1.82) is 0 Å². The highest BCUT2D eigenvalue weighted by atomic mass is 28.3. The Labute approximate surface area is 229 Å². The summed E-state index contributed by atoms with van der Waals surface area (Å²) < 4.78 is 22.7. The molecule has 3 aromatic rings. The van der Waals surface area contributed by atoms with Crippen LogP contribution in [0.3, 0.4) is 0 Å². The Morgan fingerprint density at radius 1 is 1.10 bits per heavy atom. The molecule has 0 saturated heterocycles. The molecule has 2 N–H and O–H groups in total. The number of amides is 1. The first-order valence-corrected chi connectivity index (χ1v) is 16.1. The highest BCUT2D eigenvalue weighted by Gasteiger charge is 2.25. The molecular weight excluding hydrogens is 516 g/mol. The molecule has 0 bridgehead atoms. The Morgan fingerprint density at radius 2 is 1.82 bits per heavy atom. The topological polar surface area (TPSA) is 114 Å². The number of ether oxygens (including phenoxy) is 3. The summed E-state index contributed by atoms with van der Waals surface area (Å²) in [4.78, 5) is 26.2. The largest absolute Gasteiger partial charge is 0.479 e. The molecule has 1 aromatic carbocycles. The molecule has 2 aromatic heterocycles. The van der Waals surface area contributed by atoms with E-state index in [1.807, 2.05) is 43.3 Å². The molecule has 12 heteroatoms. The predicted molar refractivity (Wildman–Crippen MR) is 153 cm³/mol. The number of carbonyl (C=O) groups excluding carboxylic acids is 1. The van der Waals surface area contributed by atoms with Crippen LogP contribution in [-0.4, -0.2) is 70.0 Å². The first-order chi connectivity index (χ1) is 18.6. The normalized spacial score (nSPS) is 13.9. The van der Waals surface area contributed by atoms with Gasteiger partial charge in [0.15, 0.2) is 11.4 Å². The fourth-order valence-corrected chi connectivity index (χ4v) is 5.16. The summed E-state index contributed by atoms with van der Waals surface area (Å²) in [6.45, 7) is 10.9. The fourth-order valence-electron chi connectivity index (χ4n) is 4.01. The lowest BCUT2D eigenvalue weighted by molar-refractivity contribution is 0.0990. The second-order valence-corrected chi connectivity index (χ2v) is 15.3. The van der Waals surface area contributed by atoms with Crippen LogP contribution in [0.2, 0.25) is 19.6 Å². The van der Waals surface area contributed by atoms with Gasteiger partial charge in [-0.2, -0.15) is 9.97 Å². The molecule has 0 atom stereocenters. The van der Waals surface area contributed by atoms with Gasteiger partial charge in [-0.15, -0.1) is 0 Å². The van der Waals surface area contributed by atoms with Crippen LogP contribution < -0.4 is 34.9 Å². The van der Waals surface area contributed by atoms with Gasteiger partial charge < -0.3 is 34.2 Å². The van der Waals surface area contributed by atoms with Crippen LogP contribution in [0.25, 0.3) is 0 Å². The molecule has 39 heavy (non-hydrogen) atoms. The summed E-state index contributed by atoms with van der Waals surface area (Å²) in [5.74, 6) is 1.14. The number of furan rings is 1. The SMILES string of the molecule is CNCN1CC=CN(c2nc(OC)c(NC(=O)c3ccc(Oc4cc([Si](C)(C)C)ccc4C)o3)c(OC)n2)C1. The van der Waals surface area contributed by atoms with Crippen LogP contribution in [0.5, 0.6) is 23.5 Å². The fraction of sp³-hybridized carbons (Fsp3) is 0.370. The summed E-state index contributed by atoms with van der Waals surface area (Å²) in [5.41, 5.74) is 1.17. The van der Waals surface area contributed by atoms with Crippen LogP contribution in [0.15, 0.2) is 47.0 Å². The van der Waals surface area contributed by atoms with Crippen molar-refractivity contribution in [3.63, 3.8) is 0 Å². The Hall–Kier alpha value is -3.87. The number of aromatic nitrogens is 2. The number of aryl methyl sites for hydroxylation is 1. The Morgan fingerprint density at radius 3 is 2.46 bits per heavy atom. The van der Waals surface area contributed by atoms with Gasteiger partial charge in [-0.05, 0) is 31.7 Å². The highest BCUT2D eigenvalue weighted by Crippen LogP contribution is 2.35. The van der Waals surface area contributed by atoms with Crippen molar-refractivity contribution < 1.29 is 23.4 Å². The molecule has 0 fully saturated rings. The van der Waals surface area contributed by atoms with Gasteiger partial charge in [0.2, 0.25) is 17.7 Å². The van der Waals surface area contributed by atoms with Crippen molar-refractivity contribution in [3.8, 4) is 23.5 Å². The van der Waals surface area contributed by atoms with Crippen molar-refractivity contribution in [3.05, 3.63) is 53.9 Å². The number of hydrogen-bond acceptors (Lipinski definition) is 10. The lowest BCUT2D eigenvalue weighted by Crippen LogP contribution is -2.43. The van der Waals surface area contributed by atoms with Gasteiger partial charge in [0, 0.05) is 25.5 Å². The summed E-state index contributed by atoms with van der Waals surface area (Å²) >= 11 is 0. The molecule has 1 aliphatic rings. The standard InChI is InChI=1S/C27H36N6O5Si/c1-18-9-10-19(39(5,6)7)15-21(18)38-22-12-11-20(37-22)24(34)29-23-25(35-3)30-27(31-26(23)36-4)33-14-8-13-32(17-33)16-28-2/h8-12,14-15,28H,13,16-17H2,1-7H3,(H,29,34). The average molecular weight is 553 g/mol. The Kier molecular flexibility index (Phi) is 8.58. The minimum Gasteiger partial charge on any atom is -0.479 e. The van der Waals surface area contributed by atoms with Crippen molar-refractivity contribution in [2.24, 2.45) is 0 Å². The van der Waals surface area contributed by atoms with Gasteiger partial charge in [-0.25, -0.2) is 0 Å². The molecule has 0 saturated carbocycles. The molecule has 1 aliphatic heterocycles. The first-order valence-electron chi connectivity index (χ1n) is 12.6. The summed E-state index contributed by atoms with van der Waals surface area (Å²) in [5, 5.41) is 7.17. The van der Waals surface area contributed by atoms with E-state index in [1.165, 1.54) is 19.4 Å². The molecule has 11 nitrogen and oxygen atoms in total. The number of carbonyl (C=O) groups is 1. The van der Waals surface area contributed by atoms with Crippen molar-refractivity contribution in [1.82, 2.24) is 20.2 Å². The van der Waals surface area contributed by atoms with Gasteiger partial charge in [0.1, 0.15) is 5.75 Å².